The van der Waals surface area contributed by atoms with Gasteiger partial charge in [-0.15, -0.1) is 0 Å². The summed E-state index contributed by atoms with van der Waals surface area (Å²) < 4.78 is 10.7. The maximum absolute atomic E-state index is 12.6. The van der Waals surface area contributed by atoms with Crippen LogP contribution in [0, 0.1) is 0 Å². The second-order valence-electron chi connectivity index (χ2n) is 7.54. The van der Waals surface area contributed by atoms with Gasteiger partial charge in [0.05, 0.1) is 29.8 Å². The van der Waals surface area contributed by atoms with E-state index in [-0.39, 0.29) is 11.9 Å². The highest BCUT2D eigenvalue weighted by atomic mass is 35.5. The van der Waals surface area contributed by atoms with Crippen molar-refractivity contribution in [3.05, 3.63) is 34.6 Å². The molecule has 2 fully saturated rings. The summed E-state index contributed by atoms with van der Waals surface area (Å²) in [5.74, 6) is 2.05. The van der Waals surface area contributed by atoms with Crippen LogP contribution in [0.4, 0.5) is 5.82 Å². The Kier molecular flexibility index (Phi) is 6.50. The zero-order valence-corrected chi connectivity index (χ0v) is 18.1. The van der Waals surface area contributed by atoms with Gasteiger partial charge in [-0.2, -0.15) is 4.98 Å². The van der Waals surface area contributed by atoms with E-state index < -0.39 is 0 Å². The SMILES string of the molecule is CCc1noc(C(C)N2CCN(c3ncc(C(=O)N4CCOCC4)cc3Cl)CC2)n1. The van der Waals surface area contributed by atoms with Crippen LogP contribution in [0.3, 0.4) is 0 Å². The second-order valence-corrected chi connectivity index (χ2v) is 7.94. The standard InChI is InChI=1S/C20H27ClN6O3/c1-3-17-23-19(30-24-17)14(2)25-4-6-26(7-5-25)18-16(21)12-15(13-22-18)20(28)27-8-10-29-11-9-27/h12-14H,3-11H2,1-2H3. The first-order valence-corrected chi connectivity index (χ1v) is 10.8. The van der Waals surface area contributed by atoms with Crippen LogP contribution in [0.15, 0.2) is 16.8 Å². The van der Waals surface area contributed by atoms with Gasteiger partial charge in [0.2, 0.25) is 5.89 Å². The number of piperazine rings is 1. The van der Waals surface area contributed by atoms with Crippen LogP contribution in [0.1, 0.15) is 42.0 Å². The minimum Gasteiger partial charge on any atom is -0.378 e. The maximum Gasteiger partial charge on any atom is 0.255 e. The molecule has 2 aromatic rings. The topological polar surface area (TPSA) is 87.8 Å². The van der Waals surface area contributed by atoms with Crippen molar-refractivity contribution in [2.24, 2.45) is 0 Å². The van der Waals surface area contributed by atoms with Gasteiger partial charge in [0.1, 0.15) is 5.82 Å². The molecule has 0 bridgehead atoms. The molecule has 2 aliphatic rings. The number of aromatic nitrogens is 3. The van der Waals surface area contributed by atoms with E-state index in [0.717, 1.165) is 38.4 Å². The predicted octanol–water partition coefficient (Wildman–Crippen LogP) is 2.04. The second kappa shape index (κ2) is 9.28. The summed E-state index contributed by atoms with van der Waals surface area (Å²) in [6.07, 6.45) is 2.39. The van der Waals surface area contributed by atoms with Crippen LogP contribution in [0.25, 0.3) is 0 Å². The summed E-state index contributed by atoms with van der Waals surface area (Å²) >= 11 is 6.51. The van der Waals surface area contributed by atoms with Crippen molar-refractivity contribution in [2.45, 2.75) is 26.3 Å². The molecule has 1 unspecified atom stereocenters. The number of hydrogen-bond acceptors (Lipinski definition) is 8. The third-order valence-electron chi connectivity index (χ3n) is 5.69. The molecule has 4 heterocycles. The number of halogens is 1. The van der Waals surface area contributed by atoms with Gasteiger partial charge >= 0.3 is 0 Å². The fraction of sp³-hybridized carbons (Fsp3) is 0.600. The van der Waals surface area contributed by atoms with Crippen LogP contribution in [0.5, 0.6) is 0 Å². The van der Waals surface area contributed by atoms with Gasteiger partial charge in [-0.1, -0.05) is 23.7 Å². The van der Waals surface area contributed by atoms with Crippen molar-refractivity contribution in [3.8, 4) is 0 Å². The number of carbonyl (C=O) groups is 1. The fourth-order valence-corrected chi connectivity index (χ4v) is 4.07. The van der Waals surface area contributed by atoms with Crippen LogP contribution in [-0.2, 0) is 11.2 Å². The molecule has 0 N–H and O–H groups in total. The molecule has 0 spiro atoms. The minimum absolute atomic E-state index is 0.0519. The van der Waals surface area contributed by atoms with Crippen molar-refractivity contribution in [1.29, 1.82) is 0 Å². The van der Waals surface area contributed by atoms with Gasteiger partial charge in [-0.3, -0.25) is 9.69 Å². The smallest absolute Gasteiger partial charge is 0.255 e. The van der Waals surface area contributed by atoms with Crippen LogP contribution in [0.2, 0.25) is 5.02 Å². The first-order valence-electron chi connectivity index (χ1n) is 10.4. The molecule has 1 amide bonds. The molecule has 2 aromatic heterocycles. The Balaban J connectivity index is 1.37. The molecule has 0 aliphatic carbocycles. The number of hydrogen-bond donors (Lipinski definition) is 0. The lowest BCUT2D eigenvalue weighted by Gasteiger charge is -2.37. The Labute approximate surface area is 180 Å². The Bertz CT molecular complexity index is 877. The highest BCUT2D eigenvalue weighted by Gasteiger charge is 2.27. The fourth-order valence-electron chi connectivity index (χ4n) is 3.79. The van der Waals surface area contributed by atoms with E-state index in [2.05, 4.69) is 31.8 Å². The van der Waals surface area contributed by atoms with Crippen molar-refractivity contribution in [2.75, 3.05) is 57.4 Å². The predicted molar refractivity (Wildman–Crippen MR) is 112 cm³/mol. The van der Waals surface area contributed by atoms with E-state index in [1.807, 2.05) is 6.92 Å². The highest BCUT2D eigenvalue weighted by Crippen LogP contribution is 2.27. The number of amides is 1. The lowest BCUT2D eigenvalue weighted by Crippen LogP contribution is -2.47. The molecule has 9 nitrogen and oxygen atoms in total. The molecule has 1 atom stereocenters. The number of nitrogens with zero attached hydrogens (tertiary/aromatic N) is 6. The normalized spacial score (nSPS) is 19.2. The molecule has 162 valence electrons. The molecule has 4 rings (SSSR count). The third kappa shape index (κ3) is 4.43. The number of aryl methyl sites for hydroxylation is 1. The van der Waals surface area contributed by atoms with Gasteiger partial charge in [-0.05, 0) is 13.0 Å². The average Bonchev–Trinajstić information content (AvgIpc) is 3.28. The van der Waals surface area contributed by atoms with Crippen LogP contribution in [-0.4, -0.2) is 83.3 Å². The largest absolute Gasteiger partial charge is 0.378 e. The number of carbonyl (C=O) groups excluding carboxylic acids is 1. The Morgan fingerprint density at radius 2 is 1.93 bits per heavy atom. The molecule has 10 heteroatoms. The summed E-state index contributed by atoms with van der Waals surface area (Å²) in [4.78, 5) is 27.9. The van der Waals surface area contributed by atoms with Gasteiger partial charge in [-0.25, -0.2) is 4.98 Å². The van der Waals surface area contributed by atoms with Gasteiger partial charge in [0.15, 0.2) is 5.82 Å². The number of morpholine rings is 1. The van der Waals surface area contributed by atoms with Crippen molar-refractivity contribution in [1.82, 2.24) is 24.9 Å². The molecule has 2 aliphatic heterocycles. The molecular weight excluding hydrogens is 408 g/mol. The zero-order chi connectivity index (χ0) is 21.1. The maximum atomic E-state index is 12.6. The Hall–Kier alpha value is -2.23. The van der Waals surface area contributed by atoms with E-state index in [4.69, 9.17) is 20.9 Å². The Morgan fingerprint density at radius 1 is 1.20 bits per heavy atom. The van der Waals surface area contributed by atoms with Gasteiger partial charge < -0.3 is 19.1 Å². The van der Waals surface area contributed by atoms with Gasteiger partial charge in [0.25, 0.3) is 5.91 Å². The van der Waals surface area contributed by atoms with Gasteiger partial charge in [0, 0.05) is 51.9 Å². The summed E-state index contributed by atoms with van der Waals surface area (Å²) in [6, 6.07) is 1.79. The summed E-state index contributed by atoms with van der Waals surface area (Å²) in [6.45, 7) is 9.64. The summed E-state index contributed by atoms with van der Waals surface area (Å²) in [5, 5.41) is 4.49. The molecular formula is C20H27ClN6O3. The lowest BCUT2D eigenvalue weighted by atomic mass is 10.2. The molecule has 0 radical (unpaired) electrons. The van der Waals surface area contributed by atoms with Crippen LogP contribution < -0.4 is 4.90 Å². The van der Waals surface area contributed by atoms with Crippen molar-refractivity contribution >= 4 is 23.3 Å². The first-order chi connectivity index (χ1) is 14.6. The van der Waals surface area contributed by atoms with Crippen molar-refractivity contribution < 1.29 is 14.1 Å². The van der Waals surface area contributed by atoms with E-state index >= 15 is 0 Å². The molecule has 30 heavy (non-hydrogen) atoms. The Morgan fingerprint density at radius 3 is 2.57 bits per heavy atom. The molecule has 0 aromatic carbocycles. The van der Waals surface area contributed by atoms with E-state index in [9.17, 15) is 4.79 Å². The van der Waals surface area contributed by atoms with E-state index in [1.54, 1.807) is 17.2 Å². The van der Waals surface area contributed by atoms with Crippen LogP contribution >= 0.6 is 11.6 Å². The molecule has 0 saturated carbocycles. The number of pyridine rings is 1. The number of ether oxygens (including phenoxy) is 1. The van der Waals surface area contributed by atoms with Crippen molar-refractivity contribution in [3.63, 3.8) is 0 Å². The average molecular weight is 435 g/mol. The number of rotatable bonds is 5. The highest BCUT2D eigenvalue weighted by molar-refractivity contribution is 6.33. The summed E-state index contributed by atoms with van der Waals surface area (Å²) in [5.41, 5.74) is 0.515. The molecule has 2 saturated heterocycles. The van der Waals surface area contributed by atoms with E-state index in [1.165, 1.54) is 0 Å². The third-order valence-corrected chi connectivity index (χ3v) is 5.96. The zero-order valence-electron chi connectivity index (χ0n) is 17.4. The summed E-state index contributed by atoms with van der Waals surface area (Å²) in [7, 11) is 0. The number of anilines is 1. The first kappa shape index (κ1) is 21.0. The monoisotopic (exact) mass is 434 g/mol. The minimum atomic E-state index is -0.0519. The lowest BCUT2D eigenvalue weighted by molar-refractivity contribution is 0.0302. The van der Waals surface area contributed by atoms with E-state index in [0.29, 0.717) is 48.6 Å². The quantitative estimate of drug-likeness (QED) is 0.706.